The van der Waals surface area contributed by atoms with Crippen molar-refractivity contribution < 1.29 is 23.7 Å². The van der Waals surface area contributed by atoms with Crippen LogP contribution in [0.5, 0.6) is 23.0 Å². The number of benzene rings is 3. The molecule has 1 aliphatic rings. The minimum atomic E-state index is -0.553. The Bertz CT molecular complexity index is 1780. The number of ether oxygens (including phenoxy) is 4. The molecule has 3 aromatic carbocycles. The number of anilines is 2. The first kappa shape index (κ1) is 27.8. The highest BCUT2D eigenvalue weighted by atomic mass is 35.5. The summed E-state index contributed by atoms with van der Waals surface area (Å²) >= 11 is 8.17. The molecule has 1 aliphatic heterocycles. The molecule has 0 atom stereocenters. The predicted molar refractivity (Wildman–Crippen MR) is 163 cm³/mol. The molecule has 42 heavy (non-hydrogen) atoms. The van der Waals surface area contributed by atoms with Crippen LogP contribution >= 0.6 is 22.9 Å². The second-order valence-corrected chi connectivity index (χ2v) is 12.0. The summed E-state index contributed by atoms with van der Waals surface area (Å²) in [7, 11) is 1.57. The van der Waals surface area contributed by atoms with E-state index < -0.39 is 5.60 Å². The van der Waals surface area contributed by atoms with Crippen LogP contribution in [0.4, 0.5) is 16.3 Å². The maximum absolute atomic E-state index is 12.3. The Morgan fingerprint density at radius 2 is 1.83 bits per heavy atom. The first-order valence-electron chi connectivity index (χ1n) is 13.2. The van der Waals surface area contributed by atoms with Crippen molar-refractivity contribution in [3.63, 3.8) is 0 Å². The van der Waals surface area contributed by atoms with Crippen LogP contribution in [0.2, 0.25) is 5.02 Å². The number of likely N-dealkylation sites (tertiary alicyclic amines) is 1. The number of carbonyl (C=O) groups excluding carboxylic acids is 1. The largest absolute Gasteiger partial charge is 0.493 e. The zero-order valence-electron chi connectivity index (χ0n) is 23.4. The molecule has 0 aliphatic carbocycles. The van der Waals surface area contributed by atoms with E-state index in [1.807, 2.05) is 51.1 Å². The van der Waals surface area contributed by atoms with E-state index in [0.29, 0.717) is 58.1 Å². The molecule has 2 aromatic heterocycles. The summed E-state index contributed by atoms with van der Waals surface area (Å²) < 4.78 is 24.3. The molecule has 0 spiro atoms. The molecular weight excluding hydrogens is 578 g/mol. The number of rotatable bonds is 7. The Morgan fingerprint density at radius 1 is 1.00 bits per heavy atom. The van der Waals surface area contributed by atoms with Crippen molar-refractivity contribution in [1.29, 1.82) is 0 Å². The molecule has 0 unspecified atom stereocenters. The fourth-order valence-corrected chi connectivity index (χ4v) is 5.29. The average molecular weight is 606 g/mol. The Morgan fingerprint density at radius 3 is 2.60 bits per heavy atom. The third kappa shape index (κ3) is 5.97. The van der Waals surface area contributed by atoms with Crippen molar-refractivity contribution in [3.8, 4) is 23.0 Å². The van der Waals surface area contributed by atoms with Gasteiger partial charge < -0.3 is 29.2 Å². The number of fused-ring (bicyclic) bond motifs is 2. The second-order valence-electron chi connectivity index (χ2n) is 10.7. The van der Waals surface area contributed by atoms with E-state index >= 15 is 0 Å². The number of aromatic nitrogens is 3. The molecular formula is C30H28ClN5O5S. The Balaban J connectivity index is 1.18. The van der Waals surface area contributed by atoms with Gasteiger partial charge >= 0.3 is 6.09 Å². The van der Waals surface area contributed by atoms with Crippen LogP contribution in [-0.2, 0) is 4.74 Å². The summed E-state index contributed by atoms with van der Waals surface area (Å²) in [4.78, 5) is 27.1. The van der Waals surface area contributed by atoms with E-state index in [4.69, 9.17) is 30.5 Å². The molecule has 0 radical (unpaired) electrons. The lowest BCUT2D eigenvalue weighted by molar-refractivity contribution is -0.0225. The molecule has 216 valence electrons. The maximum Gasteiger partial charge on any atom is 0.410 e. The Kier molecular flexibility index (Phi) is 7.38. The Labute approximate surface area is 251 Å². The van der Waals surface area contributed by atoms with E-state index in [-0.39, 0.29) is 12.2 Å². The van der Waals surface area contributed by atoms with Gasteiger partial charge in [-0.25, -0.2) is 19.7 Å². The van der Waals surface area contributed by atoms with Crippen molar-refractivity contribution >= 4 is 61.7 Å². The lowest BCUT2D eigenvalue weighted by Crippen LogP contribution is -2.57. The minimum Gasteiger partial charge on any atom is -0.493 e. The van der Waals surface area contributed by atoms with E-state index in [2.05, 4.69) is 20.3 Å². The number of halogens is 1. The third-order valence-electron chi connectivity index (χ3n) is 6.44. The molecule has 1 fully saturated rings. The monoisotopic (exact) mass is 605 g/mol. The highest BCUT2D eigenvalue weighted by Crippen LogP contribution is 2.38. The molecule has 1 N–H and O–H groups in total. The lowest BCUT2D eigenvalue weighted by Gasteiger charge is -2.39. The smallest absolute Gasteiger partial charge is 0.410 e. The molecule has 12 heteroatoms. The van der Waals surface area contributed by atoms with Gasteiger partial charge in [-0.05, 0) is 57.2 Å². The van der Waals surface area contributed by atoms with Crippen molar-refractivity contribution in [1.82, 2.24) is 19.9 Å². The summed E-state index contributed by atoms with van der Waals surface area (Å²) in [6.07, 6.45) is 0.916. The maximum atomic E-state index is 12.3. The lowest BCUT2D eigenvalue weighted by atomic mass is 10.1. The number of nitrogens with one attached hydrogen (secondary N) is 1. The average Bonchev–Trinajstić information content (AvgIpc) is 3.39. The van der Waals surface area contributed by atoms with Gasteiger partial charge in [0.15, 0.2) is 11.5 Å². The van der Waals surface area contributed by atoms with Crippen molar-refractivity contribution in [2.24, 2.45) is 0 Å². The second kappa shape index (κ2) is 11.1. The summed E-state index contributed by atoms with van der Waals surface area (Å²) in [5.41, 5.74) is 3.51. The fourth-order valence-electron chi connectivity index (χ4n) is 4.41. The number of carbonyl (C=O) groups is 1. The van der Waals surface area contributed by atoms with Gasteiger partial charge in [0.05, 0.1) is 46.5 Å². The summed E-state index contributed by atoms with van der Waals surface area (Å²) in [6, 6.07) is 14.8. The van der Waals surface area contributed by atoms with Gasteiger partial charge in [0.25, 0.3) is 0 Å². The van der Waals surface area contributed by atoms with E-state index in [9.17, 15) is 4.79 Å². The molecule has 6 rings (SSSR count). The highest BCUT2D eigenvalue weighted by molar-refractivity contribution is 7.16. The van der Waals surface area contributed by atoms with Crippen molar-refractivity contribution in [2.75, 3.05) is 25.5 Å². The van der Waals surface area contributed by atoms with E-state index in [0.717, 1.165) is 15.6 Å². The molecule has 5 aromatic rings. The predicted octanol–water partition coefficient (Wildman–Crippen LogP) is 7.44. The number of methoxy groups -OCH3 is 1. The minimum absolute atomic E-state index is 0.201. The zero-order chi connectivity index (χ0) is 29.4. The first-order valence-corrected chi connectivity index (χ1v) is 14.5. The van der Waals surface area contributed by atoms with Gasteiger partial charge in [-0.2, -0.15) is 0 Å². The summed E-state index contributed by atoms with van der Waals surface area (Å²) in [5, 5.41) is 4.48. The van der Waals surface area contributed by atoms with Crippen LogP contribution in [0, 0.1) is 0 Å². The van der Waals surface area contributed by atoms with Crippen LogP contribution in [0.3, 0.4) is 0 Å². The van der Waals surface area contributed by atoms with Gasteiger partial charge in [-0.15, -0.1) is 11.3 Å². The molecule has 0 bridgehead atoms. The molecule has 1 amide bonds. The van der Waals surface area contributed by atoms with Gasteiger partial charge in [0.2, 0.25) is 0 Å². The normalized spacial score (nSPS) is 13.6. The highest BCUT2D eigenvalue weighted by Gasteiger charge is 2.35. The van der Waals surface area contributed by atoms with Crippen LogP contribution in [0.15, 0.2) is 60.4 Å². The quantitative estimate of drug-likeness (QED) is 0.202. The van der Waals surface area contributed by atoms with Gasteiger partial charge in [-0.1, -0.05) is 11.6 Å². The fraction of sp³-hybridized carbons (Fsp3) is 0.267. The molecule has 0 saturated carbocycles. The van der Waals surface area contributed by atoms with E-state index in [1.54, 1.807) is 47.1 Å². The third-order valence-corrected chi connectivity index (χ3v) is 7.54. The van der Waals surface area contributed by atoms with Crippen LogP contribution in [-0.4, -0.2) is 57.8 Å². The van der Waals surface area contributed by atoms with E-state index in [1.165, 1.54) is 6.33 Å². The first-order chi connectivity index (χ1) is 20.1. The van der Waals surface area contributed by atoms with Crippen LogP contribution in [0.1, 0.15) is 20.8 Å². The Hall–Kier alpha value is -4.35. The topological polar surface area (TPSA) is 108 Å². The molecule has 1 saturated heterocycles. The zero-order valence-corrected chi connectivity index (χ0v) is 25.0. The standard InChI is InChI=1S/C30H28ClN5O5S/c1-30(2,3)41-29(37)36-13-19(14-36)40-26-11-20-22(12-25(26)38-4)32-15-33-28(20)35-17-5-7-24(21(31)9-17)39-18-6-8-27-23(10-18)34-16-42-27/h5-12,15-16,19H,13-14H2,1-4H3,(H,32,33,35). The summed E-state index contributed by atoms with van der Waals surface area (Å²) in [6.45, 7) is 6.35. The van der Waals surface area contributed by atoms with Gasteiger partial charge in [0.1, 0.15) is 35.3 Å². The number of hydrogen-bond donors (Lipinski definition) is 1. The van der Waals surface area contributed by atoms with Crippen LogP contribution in [0.25, 0.3) is 21.1 Å². The summed E-state index contributed by atoms with van der Waals surface area (Å²) in [5.74, 6) is 2.79. The molecule has 3 heterocycles. The van der Waals surface area contributed by atoms with Gasteiger partial charge in [0, 0.05) is 23.2 Å². The van der Waals surface area contributed by atoms with Gasteiger partial charge in [-0.3, -0.25) is 0 Å². The van der Waals surface area contributed by atoms with Crippen LogP contribution < -0.4 is 19.5 Å². The van der Waals surface area contributed by atoms with Crippen molar-refractivity contribution in [3.05, 3.63) is 65.4 Å². The number of thiazole rings is 1. The molecule has 10 nitrogen and oxygen atoms in total. The number of amides is 1. The number of hydrogen-bond acceptors (Lipinski definition) is 10. The SMILES string of the molecule is COc1cc2ncnc(Nc3ccc(Oc4ccc5scnc5c4)c(Cl)c3)c2cc1OC1CN(C(=O)OC(C)(C)C)C1. The van der Waals surface area contributed by atoms with Crippen molar-refractivity contribution in [2.45, 2.75) is 32.5 Å². The number of nitrogens with zero attached hydrogens (tertiary/aromatic N) is 4.